The van der Waals surface area contributed by atoms with Crippen LogP contribution in [0.4, 0.5) is 0 Å². The van der Waals surface area contributed by atoms with Gasteiger partial charge in [0, 0.05) is 6.42 Å². The number of unbranched alkanes of at least 4 members (excludes halogenated alkanes) is 1. The average molecular weight is 247 g/mol. The van der Waals surface area contributed by atoms with Crippen molar-refractivity contribution in [3.8, 4) is 5.75 Å². The zero-order chi connectivity index (χ0) is 12.8. The van der Waals surface area contributed by atoms with Crippen molar-refractivity contribution in [2.24, 2.45) is 0 Å². The van der Waals surface area contributed by atoms with Gasteiger partial charge in [-0.3, -0.25) is 0 Å². The molecule has 1 atom stereocenters. The van der Waals surface area contributed by atoms with E-state index < -0.39 is 0 Å². The molecule has 0 spiro atoms. The minimum absolute atomic E-state index is 0.355. The van der Waals surface area contributed by atoms with Crippen LogP contribution in [0.2, 0.25) is 0 Å². The van der Waals surface area contributed by atoms with Crippen LogP contribution in [0.1, 0.15) is 44.2 Å². The van der Waals surface area contributed by atoms with E-state index in [4.69, 9.17) is 4.74 Å². The third-order valence-electron chi connectivity index (χ3n) is 3.46. The molecule has 0 saturated carbocycles. The van der Waals surface area contributed by atoms with Crippen LogP contribution in [0.25, 0.3) is 0 Å². The molecular weight excluding hydrogens is 222 g/mol. The summed E-state index contributed by atoms with van der Waals surface area (Å²) in [6.45, 7) is 6.65. The summed E-state index contributed by atoms with van der Waals surface area (Å²) < 4.78 is 5.72. The second-order valence-corrected chi connectivity index (χ2v) is 5.28. The van der Waals surface area contributed by atoms with Crippen molar-refractivity contribution in [3.05, 3.63) is 29.3 Å². The van der Waals surface area contributed by atoms with Crippen LogP contribution >= 0.6 is 0 Å². The summed E-state index contributed by atoms with van der Waals surface area (Å²) in [6, 6.07) is 6.69. The molecule has 100 valence electrons. The minimum Gasteiger partial charge on any atom is -0.490 e. The van der Waals surface area contributed by atoms with Crippen LogP contribution in [-0.4, -0.2) is 19.2 Å². The first kappa shape index (κ1) is 13.4. The molecule has 0 bridgehead atoms. The molecule has 0 amide bonds. The molecule has 0 radical (unpaired) electrons. The van der Waals surface area contributed by atoms with E-state index in [0.717, 1.165) is 25.3 Å². The summed E-state index contributed by atoms with van der Waals surface area (Å²) in [6.07, 6.45) is 6.38. The molecule has 0 aliphatic carbocycles. The highest BCUT2D eigenvalue weighted by Gasteiger charge is 2.18. The largest absolute Gasteiger partial charge is 0.490 e. The normalized spacial score (nSPS) is 17.6. The molecule has 0 saturated heterocycles. The van der Waals surface area contributed by atoms with Crippen molar-refractivity contribution in [2.45, 2.75) is 52.1 Å². The molecule has 2 nitrogen and oxygen atoms in total. The van der Waals surface area contributed by atoms with Crippen LogP contribution in [0.5, 0.6) is 5.75 Å². The summed E-state index contributed by atoms with van der Waals surface area (Å²) in [5, 5.41) is 3.45. The van der Waals surface area contributed by atoms with E-state index in [1.165, 1.54) is 36.8 Å². The maximum atomic E-state index is 5.72. The van der Waals surface area contributed by atoms with Crippen LogP contribution < -0.4 is 10.1 Å². The first-order valence-electron chi connectivity index (χ1n) is 7.28. The lowest BCUT2D eigenvalue weighted by atomic mass is 10.0. The van der Waals surface area contributed by atoms with E-state index >= 15 is 0 Å². The van der Waals surface area contributed by atoms with Crippen molar-refractivity contribution < 1.29 is 4.74 Å². The first-order chi connectivity index (χ1) is 8.79. The maximum Gasteiger partial charge on any atom is 0.123 e. The van der Waals surface area contributed by atoms with Gasteiger partial charge in [-0.05, 0) is 62.9 Å². The van der Waals surface area contributed by atoms with Crippen LogP contribution in [0.15, 0.2) is 18.2 Å². The number of rotatable bonds is 7. The molecule has 1 aliphatic heterocycles. The van der Waals surface area contributed by atoms with Gasteiger partial charge in [0.05, 0.1) is 0 Å². The van der Waals surface area contributed by atoms with Crippen LogP contribution in [-0.2, 0) is 12.8 Å². The van der Waals surface area contributed by atoms with E-state index in [2.05, 4.69) is 37.4 Å². The highest BCUT2D eigenvalue weighted by atomic mass is 16.5. The van der Waals surface area contributed by atoms with Gasteiger partial charge in [-0.25, -0.2) is 0 Å². The Morgan fingerprint density at radius 1 is 1.28 bits per heavy atom. The van der Waals surface area contributed by atoms with E-state index in [1.807, 2.05) is 0 Å². The van der Waals surface area contributed by atoms with Gasteiger partial charge in [0.25, 0.3) is 0 Å². The lowest BCUT2D eigenvalue weighted by Gasteiger charge is -2.05. The Hall–Kier alpha value is -1.02. The zero-order valence-corrected chi connectivity index (χ0v) is 11.7. The molecule has 1 aliphatic rings. The molecule has 1 aromatic carbocycles. The molecule has 0 fully saturated rings. The molecule has 1 heterocycles. The third-order valence-corrected chi connectivity index (χ3v) is 3.46. The number of nitrogens with one attached hydrogen (secondary N) is 1. The molecule has 18 heavy (non-hydrogen) atoms. The average Bonchev–Trinajstić information content (AvgIpc) is 2.73. The predicted octanol–water partition coefficient (Wildman–Crippen LogP) is 3.33. The van der Waals surface area contributed by atoms with Crippen LogP contribution in [0, 0.1) is 0 Å². The highest BCUT2D eigenvalue weighted by Crippen LogP contribution is 2.29. The fraction of sp³-hybridized carbons (Fsp3) is 0.625. The van der Waals surface area contributed by atoms with Crippen molar-refractivity contribution >= 4 is 0 Å². The highest BCUT2D eigenvalue weighted by molar-refractivity contribution is 5.40. The number of aryl methyl sites for hydroxylation is 1. The fourth-order valence-electron chi connectivity index (χ4n) is 2.51. The smallest absolute Gasteiger partial charge is 0.123 e. The van der Waals surface area contributed by atoms with Gasteiger partial charge in [-0.15, -0.1) is 0 Å². The SMILES string of the molecule is CCCNCCCCc1ccc2c(c1)CC(C)O2. The summed E-state index contributed by atoms with van der Waals surface area (Å²) in [5.74, 6) is 1.09. The number of benzene rings is 1. The predicted molar refractivity (Wildman–Crippen MR) is 76.3 cm³/mol. The number of ether oxygens (including phenoxy) is 1. The van der Waals surface area contributed by atoms with E-state index in [1.54, 1.807) is 0 Å². The Balaban J connectivity index is 1.72. The zero-order valence-electron chi connectivity index (χ0n) is 11.7. The fourth-order valence-corrected chi connectivity index (χ4v) is 2.51. The van der Waals surface area contributed by atoms with Gasteiger partial charge in [-0.2, -0.15) is 0 Å². The maximum absolute atomic E-state index is 5.72. The van der Waals surface area contributed by atoms with Gasteiger partial charge in [0.1, 0.15) is 11.9 Å². The van der Waals surface area contributed by atoms with Crippen molar-refractivity contribution in [2.75, 3.05) is 13.1 Å². The van der Waals surface area contributed by atoms with E-state index in [-0.39, 0.29) is 0 Å². The van der Waals surface area contributed by atoms with Gasteiger partial charge in [0.15, 0.2) is 0 Å². The van der Waals surface area contributed by atoms with Crippen LogP contribution in [0.3, 0.4) is 0 Å². The lowest BCUT2D eigenvalue weighted by molar-refractivity contribution is 0.254. The summed E-state index contributed by atoms with van der Waals surface area (Å²) in [5.41, 5.74) is 2.85. The first-order valence-corrected chi connectivity index (χ1v) is 7.28. The summed E-state index contributed by atoms with van der Waals surface area (Å²) in [4.78, 5) is 0. The van der Waals surface area contributed by atoms with Gasteiger partial charge in [0.2, 0.25) is 0 Å². The second-order valence-electron chi connectivity index (χ2n) is 5.28. The van der Waals surface area contributed by atoms with Gasteiger partial charge >= 0.3 is 0 Å². The lowest BCUT2D eigenvalue weighted by Crippen LogP contribution is -2.15. The standard InChI is InChI=1S/C16H25NO/c1-3-9-17-10-5-4-6-14-7-8-16-15(12-14)11-13(2)18-16/h7-8,12-13,17H,3-6,9-11H2,1-2H3. The Morgan fingerprint density at radius 3 is 3.00 bits per heavy atom. The molecule has 0 aromatic heterocycles. The number of fused-ring (bicyclic) bond motifs is 1. The van der Waals surface area contributed by atoms with E-state index in [9.17, 15) is 0 Å². The Labute approximate surface area is 111 Å². The third kappa shape index (κ3) is 3.74. The Kier molecular flexibility index (Phi) is 5.06. The minimum atomic E-state index is 0.355. The molecular formula is C16H25NO. The summed E-state index contributed by atoms with van der Waals surface area (Å²) >= 11 is 0. The number of hydrogen-bond donors (Lipinski definition) is 1. The van der Waals surface area contributed by atoms with Gasteiger partial charge in [-0.1, -0.05) is 19.1 Å². The quantitative estimate of drug-likeness (QED) is 0.746. The monoisotopic (exact) mass is 247 g/mol. The Bertz CT molecular complexity index is 375. The molecule has 1 unspecified atom stereocenters. The molecule has 2 rings (SSSR count). The molecule has 1 aromatic rings. The molecule has 2 heteroatoms. The topological polar surface area (TPSA) is 21.3 Å². The van der Waals surface area contributed by atoms with Gasteiger partial charge < -0.3 is 10.1 Å². The summed E-state index contributed by atoms with van der Waals surface area (Å²) in [7, 11) is 0. The van der Waals surface area contributed by atoms with Crippen molar-refractivity contribution in [3.63, 3.8) is 0 Å². The van der Waals surface area contributed by atoms with Crippen molar-refractivity contribution in [1.82, 2.24) is 5.32 Å². The number of hydrogen-bond acceptors (Lipinski definition) is 2. The van der Waals surface area contributed by atoms with E-state index in [0.29, 0.717) is 6.10 Å². The second kappa shape index (κ2) is 6.79. The Morgan fingerprint density at radius 2 is 2.17 bits per heavy atom. The molecule has 1 N–H and O–H groups in total. The van der Waals surface area contributed by atoms with Crippen molar-refractivity contribution in [1.29, 1.82) is 0 Å².